The number of hydrogen-bond donors (Lipinski definition) is 2. The topological polar surface area (TPSA) is 76.1 Å². The fraction of sp³-hybridized carbons (Fsp3) is 0.481. The van der Waals surface area contributed by atoms with E-state index < -0.39 is 12.1 Å². The molecule has 2 saturated heterocycles. The second kappa shape index (κ2) is 11.0. The summed E-state index contributed by atoms with van der Waals surface area (Å²) in [4.78, 5) is 28.8. The van der Waals surface area contributed by atoms with Crippen molar-refractivity contribution in [2.24, 2.45) is 0 Å². The van der Waals surface area contributed by atoms with E-state index in [1.807, 2.05) is 17.0 Å². The van der Waals surface area contributed by atoms with Gasteiger partial charge in [-0.1, -0.05) is 24.3 Å². The number of benzene rings is 2. The van der Waals surface area contributed by atoms with Crippen molar-refractivity contribution in [1.82, 2.24) is 9.80 Å². The molecule has 0 saturated carbocycles. The zero-order valence-corrected chi connectivity index (χ0v) is 21.1. The molecule has 3 aliphatic rings. The van der Waals surface area contributed by atoms with E-state index >= 15 is 0 Å². The summed E-state index contributed by atoms with van der Waals surface area (Å²) in [5.41, 5.74) is 5.90. The number of urea groups is 1. The van der Waals surface area contributed by atoms with Crippen LogP contribution < -0.4 is 10.2 Å². The van der Waals surface area contributed by atoms with Gasteiger partial charge in [0, 0.05) is 49.6 Å². The van der Waals surface area contributed by atoms with Crippen LogP contribution in [0.1, 0.15) is 42.9 Å². The first kappa shape index (κ1) is 26.8. The van der Waals surface area contributed by atoms with Crippen LogP contribution in [0.5, 0.6) is 0 Å². The van der Waals surface area contributed by atoms with E-state index in [4.69, 9.17) is 9.90 Å². The molecule has 2 atom stereocenters. The summed E-state index contributed by atoms with van der Waals surface area (Å²) in [5.74, 6) is -2.76. The van der Waals surface area contributed by atoms with Gasteiger partial charge in [0.15, 0.2) is 0 Å². The van der Waals surface area contributed by atoms with Crippen LogP contribution in [0.2, 0.25) is 0 Å². The molecule has 2 amide bonds. The van der Waals surface area contributed by atoms with Crippen LogP contribution >= 0.6 is 0 Å². The molecule has 0 spiro atoms. The molecule has 0 radical (unpaired) electrons. The molecule has 5 rings (SSSR count). The fourth-order valence-electron chi connectivity index (χ4n) is 5.50. The van der Waals surface area contributed by atoms with Crippen molar-refractivity contribution in [1.29, 1.82) is 0 Å². The van der Waals surface area contributed by atoms with Gasteiger partial charge >= 0.3 is 18.2 Å². The lowest BCUT2D eigenvalue weighted by Crippen LogP contribution is -2.39. The Kier molecular flexibility index (Phi) is 7.96. The van der Waals surface area contributed by atoms with Gasteiger partial charge in [0.25, 0.3) is 0 Å². The number of carboxylic acid groups (broad SMARTS) is 1. The van der Waals surface area contributed by atoms with Gasteiger partial charge < -0.3 is 20.2 Å². The van der Waals surface area contributed by atoms with E-state index in [1.165, 1.54) is 48.2 Å². The van der Waals surface area contributed by atoms with E-state index in [0.717, 1.165) is 24.8 Å². The zero-order valence-electron chi connectivity index (χ0n) is 21.1. The molecule has 2 N–H and O–H groups in total. The van der Waals surface area contributed by atoms with Crippen molar-refractivity contribution in [3.8, 4) is 0 Å². The van der Waals surface area contributed by atoms with Crippen molar-refractivity contribution in [2.45, 2.75) is 64.5 Å². The Labute approximate surface area is 214 Å². The Morgan fingerprint density at radius 2 is 1.68 bits per heavy atom. The number of aryl methyl sites for hydroxylation is 1. The van der Waals surface area contributed by atoms with Crippen LogP contribution in [-0.4, -0.2) is 64.8 Å². The first-order valence-corrected chi connectivity index (χ1v) is 12.6. The number of nitrogens with one attached hydrogen (secondary N) is 1. The van der Waals surface area contributed by atoms with Gasteiger partial charge in [-0.2, -0.15) is 13.2 Å². The average Bonchev–Trinajstić information content (AvgIpc) is 3.58. The third-order valence-electron chi connectivity index (χ3n) is 7.40. The zero-order chi connectivity index (χ0) is 26.7. The molecule has 37 heavy (non-hydrogen) atoms. The number of carbonyl (C=O) groups is 2. The van der Waals surface area contributed by atoms with Crippen LogP contribution in [0, 0.1) is 6.92 Å². The molecular weight excluding hydrogens is 485 g/mol. The minimum absolute atomic E-state index is 0.0254. The summed E-state index contributed by atoms with van der Waals surface area (Å²) in [6.07, 6.45) is -1.16. The lowest BCUT2D eigenvalue weighted by molar-refractivity contribution is -0.192. The number of aliphatic carboxylic acids is 1. The summed E-state index contributed by atoms with van der Waals surface area (Å²) in [7, 11) is 0. The van der Waals surface area contributed by atoms with Gasteiger partial charge in [0.1, 0.15) is 0 Å². The van der Waals surface area contributed by atoms with Gasteiger partial charge in [0.2, 0.25) is 0 Å². The molecule has 2 aromatic carbocycles. The van der Waals surface area contributed by atoms with E-state index in [9.17, 15) is 18.0 Å². The molecule has 10 heteroatoms. The molecule has 7 nitrogen and oxygen atoms in total. The Morgan fingerprint density at radius 3 is 2.22 bits per heavy atom. The second-order valence-corrected chi connectivity index (χ2v) is 9.98. The number of nitrogens with zero attached hydrogens (tertiary/aromatic N) is 3. The summed E-state index contributed by atoms with van der Waals surface area (Å²) in [6, 6.07) is 16.0. The molecule has 2 aromatic rings. The van der Waals surface area contributed by atoms with Crippen LogP contribution in [-0.2, 0) is 17.9 Å². The highest BCUT2D eigenvalue weighted by Gasteiger charge is 2.38. The van der Waals surface area contributed by atoms with Gasteiger partial charge in [-0.3, -0.25) is 4.90 Å². The fourth-order valence-corrected chi connectivity index (χ4v) is 5.50. The maximum absolute atomic E-state index is 12.8. The number of alkyl halides is 3. The Morgan fingerprint density at radius 1 is 1.03 bits per heavy atom. The maximum Gasteiger partial charge on any atom is 0.490 e. The summed E-state index contributed by atoms with van der Waals surface area (Å²) >= 11 is 0. The molecule has 0 bridgehead atoms. The summed E-state index contributed by atoms with van der Waals surface area (Å²) in [5, 5.41) is 10.2. The van der Waals surface area contributed by atoms with Crippen LogP contribution in [0.4, 0.5) is 29.3 Å². The number of carbonyl (C=O) groups excluding carboxylic acids is 1. The predicted octanol–water partition coefficient (Wildman–Crippen LogP) is 5.24. The number of carboxylic acids is 1. The Balaban J connectivity index is 0.000000405. The first-order chi connectivity index (χ1) is 17.5. The highest BCUT2D eigenvalue weighted by molar-refractivity contribution is 5.90. The third-order valence-corrected chi connectivity index (χ3v) is 7.40. The van der Waals surface area contributed by atoms with Gasteiger partial charge in [0.05, 0.1) is 0 Å². The van der Waals surface area contributed by atoms with Crippen LogP contribution in [0.3, 0.4) is 0 Å². The number of amides is 2. The Bertz CT molecular complexity index is 1120. The third kappa shape index (κ3) is 6.36. The van der Waals surface area contributed by atoms with E-state index in [-0.39, 0.29) is 6.03 Å². The molecule has 3 aliphatic heterocycles. The van der Waals surface area contributed by atoms with Crippen molar-refractivity contribution >= 4 is 23.4 Å². The molecule has 2 unspecified atom stereocenters. The highest BCUT2D eigenvalue weighted by Crippen LogP contribution is 2.31. The number of fused-ring (bicyclic) bond motifs is 1. The number of hydrogen-bond acceptors (Lipinski definition) is 4. The van der Waals surface area contributed by atoms with Gasteiger partial charge in [-0.15, -0.1) is 0 Å². The molecule has 3 heterocycles. The lowest BCUT2D eigenvalue weighted by Gasteiger charge is -2.29. The normalized spacial score (nSPS) is 21.4. The molecule has 200 valence electrons. The Hall–Kier alpha value is -3.27. The molecule has 2 fully saturated rings. The van der Waals surface area contributed by atoms with Crippen LogP contribution in [0.15, 0.2) is 42.5 Å². The van der Waals surface area contributed by atoms with E-state index in [0.29, 0.717) is 19.1 Å². The number of anilines is 2. The minimum atomic E-state index is -5.08. The standard InChI is InChI=1S/C25H32N4O.C2HF3O2/c1-18-14-22(26-25(30)28-15-20-7-3-4-8-21(20)16-28)9-10-24(18)27-13-11-23(17-27)29-12-5-6-19(29)2;3-2(4,5)1(6)7/h3-4,7-10,14,19,23H,5-6,11-13,15-17H2,1-2H3,(H,26,30);(H,6,7). The van der Waals surface area contributed by atoms with Crippen molar-refractivity contribution in [3.05, 3.63) is 59.2 Å². The SMILES string of the molecule is Cc1cc(NC(=O)N2Cc3ccccc3C2)ccc1N1CCC(N2CCCC2C)C1.O=C(O)C(F)(F)F. The largest absolute Gasteiger partial charge is 0.490 e. The van der Waals surface area contributed by atoms with E-state index in [2.05, 4.69) is 59.3 Å². The second-order valence-electron chi connectivity index (χ2n) is 9.98. The van der Waals surface area contributed by atoms with Crippen LogP contribution in [0.25, 0.3) is 0 Å². The minimum Gasteiger partial charge on any atom is -0.475 e. The van der Waals surface area contributed by atoms with Crippen molar-refractivity contribution in [3.63, 3.8) is 0 Å². The average molecular weight is 519 g/mol. The monoisotopic (exact) mass is 518 g/mol. The maximum atomic E-state index is 12.8. The predicted molar refractivity (Wildman–Crippen MR) is 136 cm³/mol. The summed E-state index contributed by atoms with van der Waals surface area (Å²) in [6.45, 7) is 9.38. The quantitative estimate of drug-likeness (QED) is 0.581. The number of halogens is 3. The van der Waals surface area contributed by atoms with Crippen molar-refractivity contribution < 1.29 is 27.9 Å². The lowest BCUT2D eigenvalue weighted by atomic mass is 10.1. The molecule has 0 aliphatic carbocycles. The van der Waals surface area contributed by atoms with Gasteiger partial charge in [-0.25, -0.2) is 9.59 Å². The number of rotatable bonds is 3. The first-order valence-electron chi connectivity index (χ1n) is 12.6. The highest BCUT2D eigenvalue weighted by atomic mass is 19.4. The molecule has 0 aromatic heterocycles. The van der Waals surface area contributed by atoms with E-state index in [1.54, 1.807) is 0 Å². The number of likely N-dealkylation sites (tertiary alicyclic amines) is 1. The summed E-state index contributed by atoms with van der Waals surface area (Å²) < 4.78 is 31.7. The smallest absolute Gasteiger partial charge is 0.475 e. The van der Waals surface area contributed by atoms with Crippen molar-refractivity contribution in [2.75, 3.05) is 29.9 Å². The molecular formula is C27H33F3N4O3. The van der Waals surface area contributed by atoms with Gasteiger partial charge in [-0.05, 0) is 74.5 Å².